The Kier molecular flexibility index (Phi) is 6.22. The van der Waals surface area contributed by atoms with Crippen molar-refractivity contribution in [3.63, 3.8) is 0 Å². The predicted molar refractivity (Wildman–Crippen MR) is 69.3 cm³/mol. The van der Waals surface area contributed by atoms with E-state index in [1.54, 1.807) is 6.92 Å². The highest BCUT2D eigenvalue weighted by Gasteiger charge is 2.04. The zero-order valence-corrected chi connectivity index (χ0v) is 11.0. The molecule has 0 saturated heterocycles. The van der Waals surface area contributed by atoms with Crippen molar-refractivity contribution in [1.82, 2.24) is 5.32 Å². The lowest BCUT2D eigenvalue weighted by Crippen LogP contribution is -2.23. The summed E-state index contributed by atoms with van der Waals surface area (Å²) in [5.74, 6) is -0.478. The third-order valence-corrected chi connectivity index (χ3v) is 2.53. The van der Waals surface area contributed by atoms with E-state index in [4.69, 9.17) is 16.3 Å². The summed E-state index contributed by atoms with van der Waals surface area (Å²) >= 11 is 5.37. The maximum Gasteiger partial charge on any atom is 0.310 e. The van der Waals surface area contributed by atoms with Crippen LogP contribution in [-0.4, -0.2) is 24.4 Å². The maximum absolute atomic E-state index is 11.3. The van der Waals surface area contributed by atoms with Gasteiger partial charge in [-0.25, -0.2) is 0 Å². The number of alkyl halides is 1. The first kappa shape index (κ1) is 14.5. The standard InChI is InChI=1S/C13H16ClNO3/c1-2-18-13(17)7-10-3-5-11(6-4-10)9-15-12(16)8-14/h3-6H,2,7-9H2,1H3,(H,15,16). The number of hydrogen-bond acceptors (Lipinski definition) is 3. The van der Waals surface area contributed by atoms with Gasteiger partial charge in [-0.15, -0.1) is 11.6 Å². The van der Waals surface area contributed by atoms with E-state index in [1.807, 2.05) is 24.3 Å². The monoisotopic (exact) mass is 269 g/mol. The summed E-state index contributed by atoms with van der Waals surface area (Å²) in [5.41, 5.74) is 1.85. The number of halogens is 1. The molecule has 0 aliphatic rings. The second-order valence-electron chi connectivity index (χ2n) is 3.71. The molecule has 0 heterocycles. The molecule has 0 aliphatic carbocycles. The Balaban J connectivity index is 2.47. The van der Waals surface area contributed by atoms with Crippen LogP contribution >= 0.6 is 11.6 Å². The second kappa shape index (κ2) is 7.71. The fraction of sp³-hybridized carbons (Fsp3) is 0.385. The van der Waals surface area contributed by atoms with Gasteiger partial charge in [-0.3, -0.25) is 9.59 Å². The molecule has 4 nitrogen and oxygen atoms in total. The molecule has 1 N–H and O–H groups in total. The van der Waals surface area contributed by atoms with Crippen molar-refractivity contribution in [2.24, 2.45) is 0 Å². The Hall–Kier alpha value is -1.55. The van der Waals surface area contributed by atoms with Gasteiger partial charge in [0.2, 0.25) is 5.91 Å². The minimum absolute atomic E-state index is 0.0407. The molecule has 1 aromatic carbocycles. The van der Waals surface area contributed by atoms with Crippen molar-refractivity contribution in [1.29, 1.82) is 0 Å². The normalized spacial score (nSPS) is 9.89. The number of carbonyl (C=O) groups is 2. The number of ether oxygens (including phenoxy) is 1. The number of rotatable bonds is 6. The highest BCUT2D eigenvalue weighted by atomic mass is 35.5. The molecule has 0 radical (unpaired) electrons. The van der Waals surface area contributed by atoms with Gasteiger partial charge in [0.05, 0.1) is 13.0 Å². The minimum Gasteiger partial charge on any atom is -0.466 e. The number of esters is 1. The zero-order chi connectivity index (χ0) is 13.4. The predicted octanol–water partition coefficient (Wildman–Crippen LogP) is 1.65. The van der Waals surface area contributed by atoms with Crippen molar-refractivity contribution in [2.75, 3.05) is 12.5 Å². The lowest BCUT2D eigenvalue weighted by Gasteiger charge is -2.05. The maximum atomic E-state index is 11.3. The van der Waals surface area contributed by atoms with Gasteiger partial charge in [-0.1, -0.05) is 24.3 Å². The lowest BCUT2D eigenvalue weighted by atomic mass is 10.1. The van der Waals surface area contributed by atoms with Crippen LogP contribution in [0.25, 0.3) is 0 Å². The quantitative estimate of drug-likeness (QED) is 0.631. The summed E-state index contributed by atoms with van der Waals surface area (Å²) in [6.45, 7) is 2.60. The summed E-state index contributed by atoms with van der Waals surface area (Å²) in [6.07, 6.45) is 0.266. The molecule has 1 rings (SSSR count). The van der Waals surface area contributed by atoms with E-state index in [9.17, 15) is 9.59 Å². The first-order chi connectivity index (χ1) is 8.65. The Morgan fingerprint density at radius 2 is 1.83 bits per heavy atom. The largest absolute Gasteiger partial charge is 0.466 e. The van der Waals surface area contributed by atoms with Gasteiger partial charge in [0, 0.05) is 6.54 Å². The van der Waals surface area contributed by atoms with E-state index < -0.39 is 0 Å². The van der Waals surface area contributed by atoms with Crippen molar-refractivity contribution in [3.05, 3.63) is 35.4 Å². The molecule has 0 atom stereocenters. The molecular formula is C13H16ClNO3. The van der Waals surface area contributed by atoms with Crippen molar-refractivity contribution in [3.8, 4) is 0 Å². The Morgan fingerprint density at radius 3 is 2.39 bits per heavy atom. The van der Waals surface area contributed by atoms with E-state index in [0.717, 1.165) is 11.1 Å². The van der Waals surface area contributed by atoms with E-state index >= 15 is 0 Å². The van der Waals surface area contributed by atoms with Gasteiger partial charge in [0.15, 0.2) is 0 Å². The van der Waals surface area contributed by atoms with Crippen molar-refractivity contribution < 1.29 is 14.3 Å². The first-order valence-corrected chi connectivity index (χ1v) is 6.25. The molecule has 0 fully saturated rings. The molecule has 1 aromatic rings. The molecule has 0 saturated carbocycles. The zero-order valence-electron chi connectivity index (χ0n) is 10.2. The van der Waals surface area contributed by atoms with Crippen LogP contribution < -0.4 is 5.32 Å². The van der Waals surface area contributed by atoms with Crippen LogP contribution in [0.2, 0.25) is 0 Å². The molecule has 0 aliphatic heterocycles. The van der Waals surface area contributed by atoms with Gasteiger partial charge in [0.1, 0.15) is 5.88 Å². The molecule has 18 heavy (non-hydrogen) atoms. The fourth-order valence-corrected chi connectivity index (χ4v) is 1.50. The van der Waals surface area contributed by atoms with Gasteiger partial charge >= 0.3 is 5.97 Å². The molecule has 0 spiro atoms. The fourth-order valence-electron chi connectivity index (χ4n) is 1.40. The van der Waals surface area contributed by atoms with Gasteiger partial charge < -0.3 is 10.1 Å². The molecule has 0 unspecified atom stereocenters. The van der Waals surface area contributed by atoms with Crippen LogP contribution in [-0.2, 0) is 27.3 Å². The molecule has 0 aromatic heterocycles. The van der Waals surface area contributed by atoms with Crippen LogP contribution in [0, 0.1) is 0 Å². The third-order valence-electron chi connectivity index (χ3n) is 2.29. The van der Waals surface area contributed by atoms with E-state index in [1.165, 1.54) is 0 Å². The Bertz CT molecular complexity index is 403. The third kappa shape index (κ3) is 5.19. The summed E-state index contributed by atoms with van der Waals surface area (Å²) < 4.78 is 4.86. The van der Waals surface area contributed by atoms with Gasteiger partial charge in [-0.2, -0.15) is 0 Å². The highest BCUT2D eigenvalue weighted by molar-refractivity contribution is 6.27. The van der Waals surface area contributed by atoms with Crippen LogP contribution in [0.5, 0.6) is 0 Å². The van der Waals surface area contributed by atoms with Gasteiger partial charge in [0.25, 0.3) is 0 Å². The van der Waals surface area contributed by atoms with Crippen LogP contribution in [0.3, 0.4) is 0 Å². The summed E-state index contributed by atoms with van der Waals surface area (Å²) in [7, 11) is 0. The highest BCUT2D eigenvalue weighted by Crippen LogP contribution is 2.06. The summed E-state index contributed by atoms with van der Waals surface area (Å²) in [6, 6.07) is 7.42. The number of amides is 1. The Morgan fingerprint density at radius 1 is 1.22 bits per heavy atom. The smallest absolute Gasteiger partial charge is 0.310 e. The summed E-state index contributed by atoms with van der Waals surface area (Å²) in [4.78, 5) is 22.2. The molecular weight excluding hydrogens is 254 g/mol. The first-order valence-electron chi connectivity index (χ1n) is 5.71. The van der Waals surface area contributed by atoms with Crippen LogP contribution in [0.4, 0.5) is 0 Å². The average Bonchev–Trinajstić information content (AvgIpc) is 2.37. The SMILES string of the molecule is CCOC(=O)Cc1ccc(CNC(=O)CCl)cc1. The van der Waals surface area contributed by atoms with Gasteiger partial charge in [-0.05, 0) is 18.1 Å². The molecule has 5 heteroatoms. The van der Waals surface area contributed by atoms with E-state index in [0.29, 0.717) is 13.2 Å². The summed E-state index contributed by atoms with van der Waals surface area (Å²) in [5, 5.41) is 2.67. The number of nitrogens with one attached hydrogen (secondary N) is 1. The number of carbonyl (C=O) groups excluding carboxylic acids is 2. The molecule has 1 amide bonds. The molecule has 0 bridgehead atoms. The van der Waals surface area contributed by atoms with E-state index in [-0.39, 0.29) is 24.2 Å². The second-order valence-corrected chi connectivity index (χ2v) is 3.98. The van der Waals surface area contributed by atoms with E-state index in [2.05, 4.69) is 5.32 Å². The van der Waals surface area contributed by atoms with Crippen molar-refractivity contribution in [2.45, 2.75) is 19.9 Å². The van der Waals surface area contributed by atoms with Crippen LogP contribution in [0.1, 0.15) is 18.1 Å². The van der Waals surface area contributed by atoms with Crippen LogP contribution in [0.15, 0.2) is 24.3 Å². The average molecular weight is 270 g/mol. The lowest BCUT2D eigenvalue weighted by molar-refractivity contribution is -0.142. The Labute approximate surface area is 111 Å². The molecule has 98 valence electrons. The topological polar surface area (TPSA) is 55.4 Å². The number of benzene rings is 1. The minimum atomic E-state index is -0.235. The number of hydrogen-bond donors (Lipinski definition) is 1. The van der Waals surface area contributed by atoms with Crippen molar-refractivity contribution >= 4 is 23.5 Å².